The molecular weight excluding hydrogens is 184 g/mol. The molecule has 0 aliphatic heterocycles. The first kappa shape index (κ1) is 11.4. The summed E-state index contributed by atoms with van der Waals surface area (Å²) in [6.45, 7) is 4.23. The lowest BCUT2D eigenvalue weighted by atomic mass is 9.73. The standard InChI is InChI=1S/C13H26N2/c1-3-15(2)13(10-14)8-4-5-12(9-13)11-6-7-11/h11-12H,3-10,14H2,1-2H3. The molecule has 2 unspecified atom stereocenters. The lowest BCUT2D eigenvalue weighted by Crippen LogP contribution is -2.54. The van der Waals surface area contributed by atoms with Gasteiger partial charge in [-0.25, -0.2) is 0 Å². The number of nitrogens with zero attached hydrogens (tertiary/aromatic N) is 1. The van der Waals surface area contributed by atoms with Crippen LogP contribution in [0.5, 0.6) is 0 Å². The average molecular weight is 210 g/mol. The van der Waals surface area contributed by atoms with Crippen molar-refractivity contribution in [2.45, 2.75) is 51.0 Å². The van der Waals surface area contributed by atoms with E-state index in [1.807, 2.05) is 0 Å². The molecule has 0 radical (unpaired) electrons. The molecule has 0 aromatic heterocycles. The van der Waals surface area contributed by atoms with Gasteiger partial charge in [-0.05, 0) is 51.1 Å². The second-order valence-electron chi connectivity index (χ2n) is 5.64. The summed E-state index contributed by atoms with van der Waals surface area (Å²) in [5.41, 5.74) is 6.39. The van der Waals surface area contributed by atoms with Gasteiger partial charge < -0.3 is 5.73 Å². The minimum Gasteiger partial charge on any atom is -0.329 e. The predicted octanol–water partition coefficient (Wildman–Crippen LogP) is 2.24. The van der Waals surface area contributed by atoms with Gasteiger partial charge in [-0.2, -0.15) is 0 Å². The number of rotatable bonds is 4. The van der Waals surface area contributed by atoms with Crippen LogP contribution in [0.1, 0.15) is 45.4 Å². The Bertz CT molecular complexity index is 213. The summed E-state index contributed by atoms with van der Waals surface area (Å²) in [6, 6.07) is 0. The van der Waals surface area contributed by atoms with Crippen LogP contribution in [0.15, 0.2) is 0 Å². The normalized spacial score (nSPS) is 37.2. The van der Waals surface area contributed by atoms with Gasteiger partial charge >= 0.3 is 0 Å². The Morgan fingerprint density at radius 2 is 2.00 bits per heavy atom. The SMILES string of the molecule is CCN(C)C1(CN)CCCC(C2CC2)C1. The van der Waals surface area contributed by atoms with Crippen LogP contribution < -0.4 is 5.73 Å². The van der Waals surface area contributed by atoms with Gasteiger partial charge in [0.05, 0.1) is 0 Å². The van der Waals surface area contributed by atoms with Crippen LogP contribution >= 0.6 is 0 Å². The van der Waals surface area contributed by atoms with E-state index < -0.39 is 0 Å². The van der Waals surface area contributed by atoms with E-state index in [-0.39, 0.29) is 0 Å². The van der Waals surface area contributed by atoms with Gasteiger partial charge in [-0.15, -0.1) is 0 Å². The minimum atomic E-state index is 0.334. The molecule has 2 fully saturated rings. The summed E-state index contributed by atoms with van der Waals surface area (Å²) < 4.78 is 0. The zero-order chi connectivity index (χ0) is 10.9. The Balaban J connectivity index is 2.03. The van der Waals surface area contributed by atoms with Crippen LogP contribution in [0.25, 0.3) is 0 Å². The van der Waals surface area contributed by atoms with E-state index in [4.69, 9.17) is 5.73 Å². The molecular formula is C13H26N2. The highest BCUT2D eigenvalue weighted by atomic mass is 15.2. The molecule has 0 spiro atoms. The van der Waals surface area contributed by atoms with Gasteiger partial charge in [0.25, 0.3) is 0 Å². The zero-order valence-corrected chi connectivity index (χ0v) is 10.3. The monoisotopic (exact) mass is 210 g/mol. The van der Waals surface area contributed by atoms with Crippen LogP contribution in [-0.4, -0.2) is 30.6 Å². The average Bonchev–Trinajstić information content (AvgIpc) is 3.12. The largest absolute Gasteiger partial charge is 0.329 e. The van der Waals surface area contributed by atoms with Crippen LogP contribution in [0.4, 0.5) is 0 Å². The van der Waals surface area contributed by atoms with Crippen LogP contribution in [0, 0.1) is 11.8 Å². The lowest BCUT2D eigenvalue weighted by molar-refractivity contribution is 0.0559. The van der Waals surface area contributed by atoms with E-state index in [0.717, 1.165) is 24.9 Å². The van der Waals surface area contributed by atoms with Crippen molar-refractivity contribution in [1.82, 2.24) is 4.90 Å². The van der Waals surface area contributed by atoms with Crippen molar-refractivity contribution in [1.29, 1.82) is 0 Å². The molecule has 2 rings (SSSR count). The number of hydrogen-bond donors (Lipinski definition) is 1. The summed E-state index contributed by atoms with van der Waals surface area (Å²) in [5, 5.41) is 0. The van der Waals surface area contributed by atoms with Gasteiger partial charge in [0, 0.05) is 12.1 Å². The molecule has 2 nitrogen and oxygen atoms in total. The fourth-order valence-electron chi connectivity index (χ4n) is 3.38. The first-order chi connectivity index (χ1) is 7.22. The third-order valence-electron chi connectivity index (χ3n) is 4.81. The number of nitrogens with two attached hydrogens (primary N) is 1. The van der Waals surface area contributed by atoms with Crippen molar-refractivity contribution in [2.24, 2.45) is 17.6 Å². The zero-order valence-electron chi connectivity index (χ0n) is 10.3. The van der Waals surface area contributed by atoms with Crippen molar-refractivity contribution in [2.75, 3.05) is 20.1 Å². The van der Waals surface area contributed by atoms with Gasteiger partial charge in [0.15, 0.2) is 0 Å². The van der Waals surface area contributed by atoms with E-state index in [0.29, 0.717) is 5.54 Å². The smallest absolute Gasteiger partial charge is 0.0331 e. The Morgan fingerprint density at radius 1 is 1.27 bits per heavy atom. The molecule has 88 valence electrons. The van der Waals surface area contributed by atoms with Crippen molar-refractivity contribution in [3.63, 3.8) is 0 Å². The third-order valence-corrected chi connectivity index (χ3v) is 4.81. The molecule has 0 bridgehead atoms. The van der Waals surface area contributed by atoms with Crippen molar-refractivity contribution in [3.8, 4) is 0 Å². The first-order valence-electron chi connectivity index (χ1n) is 6.63. The van der Waals surface area contributed by atoms with Crippen LogP contribution in [0.2, 0.25) is 0 Å². The molecule has 2 aliphatic rings. The molecule has 0 aromatic carbocycles. The van der Waals surface area contributed by atoms with Crippen LogP contribution in [0.3, 0.4) is 0 Å². The van der Waals surface area contributed by atoms with E-state index >= 15 is 0 Å². The van der Waals surface area contributed by atoms with Gasteiger partial charge in [0.1, 0.15) is 0 Å². The Hall–Kier alpha value is -0.0800. The minimum absolute atomic E-state index is 0.334. The van der Waals surface area contributed by atoms with E-state index in [2.05, 4.69) is 18.9 Å². The highest BCUT2D eigenvalue weighted by molar-refractivity contribution is 4.98. The van der Waals surface area contributed by atoms with Gasteiger partial charge in [-0.3, -0.25) is 4.90 Å². The molecule has 0 saturated heterocycles. The predicted molar refractivity (Wildman–Crippen MR) is 64.8 cm³/mol. The Morgan fingerprint density at radius 3 is 2.53 bits per heavy atom. The highest BCUT2D eigenvalue weighted by Crippen LogP contribution is 2.47. The summed E-state index contributed by atoms with van der Waals surface area (Å²) in [7, 11) is 2.25. The molecule has 2 atom stereocenters. The summed E-state index contributed by atoms with van der Waals surface area (Å²) >= 11 is 0. The maximum absolute atomic E-state index is 6.06. The molecule has 0 amide bonds. The van der Waals surface area contributed by atoms with Crippen molar-refractivity contribution in [3.05, 3.63) is 0 Å². The fourth-order valence-corrected chi connectivity index (χ4v) is 3.38. The molecule has 15 heavy (non-hydrogen) atoms. The van der Waals surface area contributed by atoms with E-state index in [1.165, 1.54) is 38.5 Å². The molecule has 2 saturated carbocycles. The maximum Gasteiger partial charge on any atom is 0.0331 e. The molecule has 0 aromatic rings. The molecule has 2 N–H and O–H groups in total. The quantitative estimate of drug-likeness (QED) is 0.771. The molecule has 0 heterocycles. The molecule has 2 heteroatoms. The first-order valence-corrected chi connectivity index (χ1v) is 6.63. The second kappa shape index (κ2) is 4.42. The van der Waals surface area contributed by atoms with E-state index in [1.54, 1.807) is 0 Å². The summed E-state index contributed by atoms with van der Waals surface area (Å²) in [5.74, 6) is 2.04. The number of hydrogen-bond acceptors (Lipinski definition) is 2. The van der Waals surface area contributed by atoms with Crippen molar-refractivity contribution < 1.29 is 0 Å². The van der Waals surface area contributed by atoms with E-state index in [9.17, 15) is 0 Å². The topological polar surface area (TPSA) is 29.3 Å². The fraction of sp³-hybridized carbons (Fsp3) is 1.00. The summed E-state index contributed by atoms with van der Waals surface area (Å²) in [6.07, 6.45) is 8.50. The van der Waals surface area contributed by atoms with Crippen LogP contribution in [-0.2, 0) is 0 Å². The van der Waals surface area contributed by atoms with Gasteiger partial charge in [0.2, 0.25) is 0 Å². The van der Waals surface area contributed by atoms with Gasteiger partial charge in [-0.1, -0.05) is 19.8 Å². The maximum atomic E-state index is 6.06. The second-order valence-corrected chi connectivity index (χ2v) is 5.64. The lowest BCUT2D eigenvalue weighted by Gasteiger charge is -2.46. The summed E-state index contributed by atoms with van der Waals surface area (Å²) in [4.78, 5) is 2.50. The number of likely N-dealkylation sites (N-methyl/N-ethyl adjacent to an activating group) is 1. The molecule has 2 aliphatic carbocycles. The Kier molecular flexibility index (Phi) is 3.36. The third kappa shape index (κ3) is 2.21. The highest BCUT2D eigenvalue weighted by Gasteiger charge is 2.42. The Labute approximate surface area is 94.2 Å². The van der Waals surface area contributed by atoms with Crippen molar-refractivity contribution >= 4 is 0 Å².